The number of benzene rings is 2. The number of azo groups is 1. The van der Waals surface area contributed by atoms with Crippen LogP contribution in [0, 0.1) is 17.0 Å². The Hall–Kier alpha value is -4.41. The van der Waals surface area contributed by atoms with Crippen LogP contribution in [0.25, 0.3) is 33.0 Å². The van der Waals surface area contributed by atoms with Crippen molar-refractivity contribution in [3.05, 3.63) is 52.1 Å². The van der Waals surface area contributed by atoms with Crippen LogP contribution >= 0.6 is 0 Å². The van der Waals surface area contributed by atoms with Gasteiger partial charge in [0.05, 0.1) is 16.0 Å². The molecular weight excluding hydrogens is 388 g/mol. The highest BCUT2D eigenvalue weighted by molar-refractivity contribution is 6.04. The van der Waals surface area contributed by atoms with Crippen LogP contribution in [0.1, 0.15) is 5.56 Å². The molecule has 0 aliphatic rings. The molecule has 2 N–H and O–H groups in total. The van der Waals surface area contributed by atoms with Crippen molar-refractivity contribution in [2.75, 3.05) is 0 Å². The lowest BCUT2D eigenvalue weighted by molar-refractivity contribution is -0.384. The molecule has 0 spiro atoms. The monoisotopic (exact) mass is 402 g/mol. The van der Waals surface area contributed by atoms with Crippen LogP contribution in [0.5, 0.6) is 5.88 Å². The lowest BCUT2D eigenvalue weighted by Crippen LogP contribution is -1.88. The molecule has 0 saturated heterocycles. The van der Waals surface area contributed by atoms with E-state index in [9.17, 15) is 15.2 Å². The van der Waals surface area contributed by atoms with E-state index in [1.54, 1.807) is 13.1 Å². The first-order chi connectivity index (χ1) is 14.4. The quantitative estimate of drug-likeness (QED) is 0.261. The van der Waals surface area contributed by atoms with Gasteiger partial charge in [0.2, 0.25) is 5.88 Å². The van der Waals surface area contributed by atoms with E-state index in [-0.39, 0.29) is 23.2 Å². The number of nitrogens with zero attached hydrogens (tertiary/aromatic N) is 7. The molecule has 3 heterocycles. The molecule has 5 aromatic rings. The van der Waals surface area contributed by atoms with Crippen LogP contribution in [0.2, 0.25) is 0 Å². The van der Waals surface area contributed by atoms with Crippen molar-refractivity contribution in [3.63, 3.8) is 0 Å². The van der Waals surface area contributed by atoms with Gasteiger partial charge in [-0.1, -0.05) is 18.2 Å². The second kappa shape index (κ2) is 6.30. The van der Waals surface area contributed by atoms with E-state index in [2.05, 4.69) is 30.4 Å². The number of nitro benzene ring substituents is 1. The fourth-order valence-corrected chi connectivity index (χ4v) is 3.48. The summed E-state index contributed by atoms with van der Waals surface area (Å²) in [6.07, 6.45) is 0. The highest BCUT2D eigenvalue weighted by Gasteiger charge is 2.18. The maximum Gasteiger partial charge on any atom is 0.289 e. The summed E-state index contributed by atoms with van der Waals surface area (Å²) in [4.78, 5) is 18.1. The Balaban J connectivity index is 1.62. The van der Waals surface area contributed by atoms with Crippen LogP contribution in [-0.4, -0.2) is 34.8 Å². The molecule has 0 radical (unpaired) electrons. The molecular formula is C19H14N8O3. The number of para-hydroxylation sites is 1. The van der Waals surface area contributed by atoms with E-state index in [1.807, 2.05) is 25.1 Å². The zero-order valence-electron chi connectivity index (χ0n) is 15.9. The standard InChI is InChI=1S/C19H14N8O3/c1-9-4-3-5-11-14(9)20-17-15(11)22-24-19(21-17)25-23-16-12-8-10(27(29)30)6-7-13(12)26(2)18(16)28/h3-8,28H,1-2H3,(H,20,21,24). The first kappa shape index (κ1) is 17.7. The molecule has 11 heteroatoms. The predicted molar refractivity (Wildman–Crippen MR) is 109 cm³/mol. The van der Waals surface area contributed by atoms with Gasteiger partial charge in [-0.05, 0) is 18.6 Å². The fraction of sp³-hybridized carbons (Fsp3) is 0.105. The van der Waals surface area contributed by atoms with Gasteiger partial charge in [-0.3, -0.25) is 10.1 Å². The summed E-state index contributed by atoms with van der Waals surface area (Å²) in [5.41, 5.74) is 3.66. The maximum absolute atomic E-state index is 11.1. The van der Waals surface area contributed by atoms with E-state index in [0.717, 1.165) is 16.5 Å². The number of nitro groups is 1. The number of aromatic amines is 1. The van der Waals surface area contributed by atoms with E-state index >= 15 is 0 Å². The van der Waals surface area contributed by atoms with Crippen LogP contribution < -0.4 is 0 Å². The Labute approximate surface area is 167 Å². The molecule has 0 saturated carbocycles. The summed E-state index contributed by atoms with van der Waals surface area (Å²) < 4.78 is 1.47. The average molecular weight is 402 g/mol. The molecule has 0 aliphatic heterocycles. The van der Waals surface area contributed by atoms with E-state index < -0.39 is 4.92 Å². The molecule has 0 bridgehead atoms. The Morgan fingerprint density at radius 1 is 1.17 bits per heavy atom. The van der Waals surface area contributed by atoms with Gasteiger partial charge >= 0.3 is 0 Å². The third kappa shape index (κ3) is 2.56. The summed E-state index contributed by atoms with van der Waals surface area (Å²) in [6, 6.07) is 10.1. The summed E-state index contributed by atoms with van der Waals surface area (Å²) in [6.45, 7) is 1.98. The Kier molecular flexibility index (Phi) is 3.71. The summed E-state index contributed by atoms with van der Waals surface area (Å²) in [5.74, 6) is -0.182. The van der Waals surface area contributed by atoms with Gasteiger partial charge in [0.15, 0.2) is 11.3 Å². The summed E-state index contributed by atoms with van der Waals surface area (Å²) in [5, 5.41) is 39.0. The summed E-state index contributed by atoms with van der Waals surface area (Å²) in [7, 11) is 1.62. The SMILES string of the molecule is Cc1cccc2c1[nH]c1nc(N=Nc3c(O)n(C)c4ccc([N+](=O)[O-])cc34)nnc12. The Bertz CT molecular complexity index is 1520. The van der Waals surface area contributed by atoms with Gasteiger partial charge in [0, 0.05) is 30.0 Å². The van der Waals surface area contributed by atoms with Gasteiger partial charge < -0.3 is 14.7 Å². The third-order valence-corrected chi connectivity index (χ3v) is 5.02. The van der Waals surface area contributed by atoms with Gasteiger partial charge in [-0.2, -0.15) is 4.98 Å². The van der Waals surface area contributed by atoms with Gasteiger partial charge in [0.1, 0.15) is 5.52 Å². The molecule has 0 atom stereocenters. The fourth-order valence-electron chi connectivity index (χ4n) is 3.48. The largest absolute Gasteiger partial charge is 0.493 e. The Morgan fingerprint density at radius 3 is 2.80 bits per heavy atom. The molecule has 11 nitrogen and oxygen atoms in total. The normalized spacial score (nSPS) is 11.9. The number of rotatable bonds is 3. The molecule has 0 aliphatic carbocycles. The highest BCUT2D eigenvalue weighted by atomic mass is 16.6. The second-order valence-electron chi connectivity index (χ2n) is 6.82. The first-order valence-corrected chi connectivity index (χ1v) is 8.93. The van der Waals surface area contributed by atoms with Crippen molar-refractivity contribution in [1.82, 2.24) is 24.7 Å². The topological polar surface area (TPSA) is 147 Å². The first-order valence-electron chi connectivity index (χ1n) is 8.93. The van der Waals surface area contributed by atoms with Crippen LogP contribution in [0.15, 0.2) is 46.6 Å². The lowest BCUT2D eigenvalue weighted by Gasteiger charge is -1.96. The molecule has 2 aromatic carbocycles. The van der Waals surface area contributed by atoms with E-state index in [0.29, 0.717) is 22.1 Å². The van der Waals surface area contributed by atoms with Crippen molar-refractivity contribution in [2.45, 2.75) is 6.92 Å². The minimum absolute atomic E-state index is 0.00598. The molecule has 0 unspecified atom stereocenters. The van der Waals surface area contributed by atoms with Gasteiger partial charge in [0.25, 0.3) is 11.6 Å². The Morgan fingerprint density at radius 2 is 2.00 bits per heavy atom. The van der Waals surface area contributed by atoms with Crippen molar-refractivity contribution in [2.24, 2.45) is 17.3 Å². The van der Waals surface area contributed by atoms with Gasteiger partial charge in [-0.25, -0.2) is 0 Å². The van der Waals surface area contributed by atoms with Crippen molar-refractivity contribution >= 4 is 50.3 Å². The minimum Gasteiger partial charge on any atom is -0.493 e. The number of fused-ring (bicyclic) bond motifs is 4. The van der Waals surface area contributed by atoms with Crippen LogP contribution in [0.4, 0.5) is 17.3 Å². The number of H-pyrrole nitrogens is 1. The van der Waals surface area contributed by atoms with E-state index in [4.69, 9.17) is 0 Å². The smallest absolute Gasteiger partial charge is 0.289 e. The number of non-ortho nitro benzene ring substituents is 1. The van der Waals surface area contributed by atoms with Gasteiger partial charge in [-0.15, -0.1) is 20.4 Å². The molecule has 148 valence electrons. The summed E-state index contributed by atoms with van der Waals surface area (Å²) >= 11 is 0. The minimum atomic E-state index is -0.511. The zero-order valence-corrected chi connectivity index (χ0v) is 15.9. The van der Waals surface area contributed by atoms with Crippen molar-refractivity contribution < 1.29 is 10.0 Å². The van der Waals surface area contributed by atoms with E-state index in [1.165, 1.54) is 16.7 Å². The number of hydrogen-bond acceptors (Lipinski definition) is 8. The average Bonchev–Trinajstić information content (AvgIpc) is 3.22. The second-order valence-corrected chi connectivity index (χ2v) is 6.82. The molecule has 30 heavy (non-hydrogen) atoms. The van der Waals surface area contributed by atoms with Crippen molar-refractivity contribution in [3.8, 4) is 5.88 Å². The third-order valence-electron chi connectivity index (χ3n) is 5.02. The maximum atomic E-state index is 11.1. The molecule has 0 amide bonds. The van der Waals surface area contributed by atoms with Crippen LogP contribution in [0.3, 0.4) is 0 Å². The molecule has 3 aromatic heterocycles. The number of aromatic nitrogens is 5. The lowest BCUT2D eigenvalue weighted by atomic mass is 10.1. The number of nitrogens with one attached hydrogen (secondary N) is 1. The molecule has 0 fully saturated rings. The zero-order chi connectivity index (χ0) is 21.0. The number of aromatic hydroxyl groups is 1. The number of aryl methyl sites for hydroxylation is 2. The highest BCUT2D eigenvalue weighted by Crippen LogP contribution is 2.40. The van der Waals surface area contributed by atoms with Crippen LogP contribution in [-0.2, 0) is 7.05 Å². The van der Waals surface area contributed by atoms with Crippen molar-refractivity contribution in [1.29, 1.82) is 0 Å². The predicted octanol–water partition coefficient (Wildman–Crippen LogP) is 4.34. The number of hydrogen-bond donors (Lipinski definition) is 2. The molecule has 5 rings (SSSR count).